The maximum Gasteiger partial charge on any atom is 0.0624 e. The lowest BCUT2D eigenvalue weighted by atomic mass is 10.0. The molecule has 0 bridgehead atoms. The molecular formula is C13H14N2O. The van der Waals surface area contributed by atoms with E-state index in [1.165, 1.54) is 0 Å². The molecular weight excluding hydrogens is 200 g/mol. The van der Waals surface area contributed by atoms with E-state index in [4.69, 9.17) is 10.8 Å². The number of hydrogen-bond acceptors (Lipinski definition) is 3. The first-order valence-corrected chi connectivity index (χ1v) is 5.18. The molecule has 1 atom stereocenters. The molecule has 0 radical (unpaired) electrons. The van der Waals surface area contributed by atoms with Gasteiger partial charge in [-0.1, -0.05) is 18.2 Å². The van der Waals surface area contributed by atoms with Crippen LogP contribution in [-0.4, -0.2) is 16.7 Å². The van der Waals surface area contributed by atoms with Crippen LogP contribution in [0.5, 0.6) is 0 Å². The van der Waals surface area contributed by atoms with Crippen LogP contribution in [0.15, 0.2) is 48.8 Å². The molecule has 0 spiro atoms. The summed E-state index contributed by atoms with van der Waals surface area (Å²) in [6.07, 6.45) is 3.52. The molecule has 3 heteroatoms. The van der Waals surface area contributed by atoms with Gasteiger partial charge in [-0.3, -0.25) is 4.98 Å². The highest BCUT2D eigenvalue weighted by molar-refractivity contribution is 5.63. The zero-order chi connectivity index (χ0) is 11.4. The SMILES string of the molecule is N[C@H](CO)c1cccc(-c2ccncc2)c1. The zero-order valence-corrected chi connectivity index (χ0v) is 8.88. The summed E-state index contributed by atoms with van der Waals surface area (Å²) in [4.78, 5) is 3.98. The third-order valence-electron chi connectivity index (χ3n) is 2.53. The Balaban J connectivity index is 2.36. The van der Waals surface area contributed by atoms with Crippen LogP contribution in [0.2, 0.25) is 0 Å². The van der Waals surface area contributed by atoms with E-state index in [9.17, 15) is 0 Å². The summed E-state index contributed by atoms with van der Waals surface area (Å²) in [6, 6.07) is 11.5. The average Bonchev–Trinajstić information content (AvgIpc) is 2.39. The molecule has 3 N–H and O–H groups in total. The summed E-state index contributed by atoms with van der Waals surface area (Å²) in [5.41, 5.74) is 8.91. The van der Waals surface area contributed by atoms with Crippen molar-refractivity contribution in [3.05, 3.63) is 54.4 Å². The van der Waals surface area contributed by atoms with Gasteiger partial charge in [-0.2, -0.15) is 0 Å². The molecule has 0 saturated carbocycles. The van der Waals surface area contributed by atoms with E-state index in [-0.39, 0.29) is 12.6 Å². The number of nitrogens with two attached hydrogens (primary N) is 1. The van der Waals surface area contributed by atoms with E-state index in [0.29, 0.717) is 0 Å². The van der Waals surface area contributed by atoms with Crippen molar-refractivity contribution in [3.8, 4) is 11.1 Å². The number of aliphatic hydroxyl groups is 1. The number of rotatable bonds is 3. The molecule has 0 amide bonds. The van der Waals surface area contributed by atoms with Crippen molar-refractivity contribution in [2.75, 3.05) is 6.61 Å². The molecule has 82 valence electrons. The topological polar surface area (TPSA) is 59.1 Å². The molecule has 0 fully saturated rings. The summed E-state index contributed by atoms with van der Waals surface area (Å²) < 4.78 is 0. The standard InChI is InChI=1S/C13H14N2O/c14-13(9-16)12-3-1-2-11(8-12)10-4-6-15-7-5-10/h1-8,13,16H,9,14H2/t13-/m1/s1. The van der Waals surface area contributed by atoms with Crippen molar-refractivity contribution in [1.82, 2.24) is 4.98 Å². The van der Waals surface area contributed by atoms with Crippen molar-refractivity contribution in [3.63, 3.8) is 0 Å². The van der Waals surface area contributed by atoms with E-state index in [1.807, 2.05) is 36.4 Å². The number of hydrogen-bond donors (Lipinski definition) is 2. The second-order valence-corrected chi connectivity index (χ2v) is 3.65. The van der Waals surface area contributed by atoms with Crippen LogP contribution in [-0.2, 0) is 0 Å². The summed E-state index contributed by atoms with van der Waals surface area (Å²) in [6.45, 7) is -0.0419. The summed E-state index contributed by atoms with van der Waals surface area (Å²) in [5.74, 6) is 0. The number of nitrogens with zero attached hydrogens (tertiary/aromatic N) is 1. The van der Waals surface area contributed by atoms with Crippen molar-refractivity contribution in [2.45, 2.75) is 6.04 Å². The molecule has 0 unspecified atom stereocenters. The Bertz CT molecular complexity index is 456. The Labute approximate surface area is 94.6 Å². The van der Waals surface area contributed by atoms with Crippen LogP contribution < -0.4 is 5.73 Å². The minimum absolute atomic E-state index is 0.0419. The molecule has 0 aliphatic rings. The molecule has 0 aliphatic carbocycles. The lowest BCUT2D eigenvalue weighted by Crippen LogP contribution is -2.14. The van der Waals surface area contributed by atoms with E-state index in [2.05, 4.69) is 4.98 Å². The summed E-state index contributed by atoms with van der Waals surface area (Å²) in [5, 5.41) is 9.01. The van der Waals surface area contributed by atoms with E-state index >= 15 is 0 Å². The van der Waals surface area contributed by atoms with Crippen LogP contribution in [0.4, 0.5) is 0 Å². The van der Waals surface area contributed by atoms with Crippen molar-refractivity contribution in [1.29, 1.82) is 0 Å². The molecule has 0 saturated heterocycles. The number of aliphatic hydroxyl groups excluding tert-OH is 1. The van der Waals surface area contributed by atoms with Crippen LogP contribution in [0.3, 0.4) is 0 Å². The predicted molar refractivity (Wildman–Crippen MR) is 63.7 cm³/mol. The molecule has 1 aromatic carbocycles. The quantitative estimate of drug-likeness (QED) is 0.818. The Morgan fingerprint density at radius 2 is 1.88 bits per heavy atom. The highest BCUT2D eigenvalue weighted by Crippen LogP contribution is 2.21. The Morgan fingerprint density at radius 1 is 1.12 bits per heavy atom. The summed E-state index contributed by atoms with van der Waals surface area (Å²) >= 11 is 0. The van der Waals surface area contributed by atoms with E-state index in [0.717, 1.165) is 16.7 Å². The van der Waals surface area contributed by atoms with Gasteiger partial charge in [0, 0.05) is 12.4 Å². The van der Waals surface area contributed by atoms with Crippen LogP contribution in [0, 0.1) is 0 Å². The molecule has 2 rings (SSSR count). The summed E-state index contributed by atoms with van der Waals surface area (Å²) in [7, 11) is 0. The third-order valence-corrected chi connectivity index (χ3v) is 2.53. The Hall–Kier alpha value is -1.71. The normalized spacial score (nSPS) is 12.4. The third kappa shape index (κ3) is 2.27. The van der Waals surface area contributed by atoms with Crippen molar-refractivity contribution >= 4 is 0 Å². The van der Waals surface area contributed by atoms with Gasteiger partial charge in [0.1, 0.15) is 0 Å². The Kier molecular flexibility index (Phi) is 3.29. The number of benzene rings is 1. The Morgan fingerprint density at radius 3 is 2.56 bits per heavy atom. The fraction of sp³-hybridized carbons (Fsp3) is 0.154. The largest absolute Gasteiger partial charge is 0.394 e. The maximum absolute atomic E-state index is 9.01. The van der Waals surface area contributed by atoms with Gasteiger partial charge in [-0.05, 0) is 34.9 Å². The first kappa shape index (κ1) is 10.8. The highest BCUT2D eigenvalue weighted by atomic mass is 16.3. The molecule has 1 aromatic heterocycles. The fourth-order valence-electron chi connectivity index (χ4n) is 1.60. The van der Waals surface area contributed by atoms with Gasteiger partial charge in [-0.15, -0.1) is 0 Å². The first-order valence-electron chi connectivity index (χ1n) is 5.18. The first-order chi connectivity index (χ1) is 7.81. The molecule has 2 aromatic rings. The van der Waals surface area contributed by atoms with Crippen LogP contribution in [0.25, 0.3) is 11.1 Å². The lowest BCUT2D eigenvalue weighted by molar-refractivity contribution is 0.268. The van der Waals surface area contributed by atoms with Crippen molar-refractivity contribution < 1.29 is 5.11 Å². The van der Waals surface area contributed by atoms with Crippen LogP contribution in [0.1, 0.15) is 11.6 Å². The lowest BCUT2D eigenvalue weighted by Gasteiger charge is -2.10. The number of pyridine rings is 1. The maximum atomic E-state index is 9.01. The van der Waals surface area contributed by atoms with Crippen LogP contribution >= 0.6 is 0 Å². The average molecular weight is 214 g/mol. The van der Waals surface area contributed by atoms with E-state index in [1.54, 1.807) is 12.4 Å². The molecule has 3 nitrogen and oxygen atoms in total. The van der Waals surface area contributed by atoms with Gasteiger partial charge in [0.15, 0.2) is 0 Å². The van der Waals surface area contributed by atoms with Gasteiger partial charge >= 0.3 is 0 Å². The van der Waals surface area contributed by atoms with Gasteiger partial charge in [0.2, 0.25) is 0 Å². The van der Waals surface area contributed by atoms with Crippen molar-refractivity contribution in [2.24, 2.45) is 5.73 Å². The van der Waals surface area contributed by atoms with Gasteiger partial charge < -0.3 is 10.8 Å². The van der Waals surface area contributed by atoms with Gasteiger partial charge in [0.25, 0.3) is 0 Å². The molecule has 1 heterocycles. The smallest absolute Gasteiger partial charge is 0.0624 e. The monoisotopic (exact) mass is 214 g/mol. The van der Waals surface area contributed by atoms with Gasteiger partial charge in [0.05, 0.1) is 12.6 Å². The minimum atomic E-state index is -0.318. The second-order valence-electron chi connectivity index (χ2n) is 3.65. The molecule has 0 aliphatic heterocycles. The predicted octanol–water partition coefficient (Wildman–Crippen LogP) is 1.74. The fourth-order valence-corrected chi connectivity index (χ4v) is 1.60. The highest BCUT2D eigenvalue weighted by Gasteiger charge is 2.05. The molecule has 16 heavy (non-hydrogen) atoms. The minimum Gasteiger partial charge on any atom is -0.394 e. The van der Waals surface area contributed by atoms with E-state index < -0.39 is 0 Å². The zero-order valence-electron chi connectivity index (χ0n) is 8.88. The second kappa shape index (κ2) is 4.88. The van der Waals surface area contributed by atoms with Gasteiger partial charge in [-0.25, -0.2) is 0 Å². The number of aromatic nitrogens is 1.